The normalized spacial score (nSPS) is 14.8. The Morgan fingerprint density at radius 1 is 1.67 bits per heavy atom. The predicted molar refractivity (Wildman–Crippen MR) is 56.5 cm³/mol. The van der Waals surface area contributed by atoms with Crippen LogP contribution in [0.1, 0.15) is 19.4 Å². The highest BCUT2D eigenvalue weighted by atomic mass is 32.1. The molecule has 1 unspecified atom stereocenters. The molecule has 12 heavy (non-hydrogen) atoms. The van der Waals surface area contributed by atoms with Gasteiger partial charge in [0.1, 0.15) is 0 Å². The summed E-state index contributed by atoms with van der Waals surface area (Å²) in [6, 6.07) is 2.60. The Kier molecular flexibility index (Phi) is 3.50. The fourth-order valence-electron chi connectivity index (χ4n) is 0.973. The van der Waals surface area contributed by atoms with Crippen molar-refractivity contribution in [1.29, 1.82) is 0 Å². The van der Waals surface area contributed by atoms with Gasteiger partial charge in [-0.1, -0.05) is 11.6 Å². The SMILES string of the molecule is CNC(C)/C(C)=C/c1ccsc1. The van der Waals surface area contributed by atoms with Crippen LogP contribution in [0.2, 0.25) is 0 Å². The van der Waals surface area contributed by atoms with Gasteiger partial charge in [0.15, 0.2) is 0 Å². The maximum absolute atomic E-state index is 3.21. The second kappa shape index (κ2) is 4.43. The molecule has 1 heterocycles. The molecule has 1 nitrogen and oxygen atoms in total. The second-order valence-electron chi connectivity index (χ2n) is 2.96. The minimum atomic E-state index is 0.463. The third-order valence-corrected chi connectivity index (χ3v) is 2.76. The fourth-order valence-corrected chi connectivity index (χ4v) is 1.59. The summed E-state index contributed by atoms with van der Waals surface area (Å²) in [7, 11) is 1.98. The van der Waals surface area contributed by atoms with Gasteiger partial charge in [0.05, 0.1) is 0 Å². The van der Waals surface area contributed by atoms with Crippen LogP contribution in [0.15, 0.2) is 22.4 Å². The summed E-state index contributed by atoms with van der Waals surface area (Å²) >= 11 is 1.74. The maximum Gasteiger partial charge on any atom is 0.0248 e. The number of rotatable bonds is 3. The van der Waals surface area contributed by atoms with E-state index in [0.29, 0.717) is 6.04 Å². The van der Waals surface area contributed by atoms with E-state index in [0.717, 1.165) is 0 Å². The van der Waals surface area contributed by atoms with Crippen LogP contribution in [-0.2, 0) is 0 Å². The molecule has 1 aromatic heterocycles. The third-order valence-electron chi connectivity index (χ3n) is 2.05. The first kappa shape index (κ1) is 9.49. The third kappa shape index (κ3) is 2.47. The zero-order chi connectivity index (χ0) is 8.97. The summed E-state index contributed by atoms with van der Waals surface area (Å²) < 4.78 is 0. The van der Waals surface area contributed by atoms with Crippen LogP contribution in [0.5, 0.6) is 0 Å². The van der Waals surface area contributed by atoms with Crippen molar-refractivity contribution in [3.8, 4) is 0 Å². The van der Waals surface area contributed by atoms with Crippen molar-refractivity contribution in [2.75, 3.05) is 7.05 Å². The average Bonchev–Trinajstić information content (AvgIpc) is 2.55. The second-order valence-corrected chi connectivity index (χ2v) is 3.74. The van der Waals surface area contributed by atoms with Crippen LogP contribution in [0, 0.1) is 0 Å². The van der Waals surface area contributed by atoms with E-state index in [1.165, 1.54) is 11.1 Å². The number of hydrogen-bond donors (Lipinski definition) is 1. The lowest BCUT2D eigenvalue weighted by molar-refractivity contribution is 0.696. The van der Waals surface area contributed by atoms with E-state index in [9.17, 15) is 0 Å². The molecule has 1 aromatic rings. The van der Waals surface area contributed by atoms with Gasteiger partial charge in [-0.05, 0) is 43.3 Å². The van der Waals surface area contributed by atoms with Gasteiger partial charge in [0.25, 0.3) is 0 Å². The predicted octanol–water partition coefficient (Wildman–Crippen LogP) is 2.76. The topological polar surface area (TPSA) is 12.0 Å². The minimum Gasteiger partial charge on any atom is -0.314 e. The standard InChI is InChI=1S/C10H15NS/c1-8(9(2)11-3)6-10-4-5-12-7-10/h4-7,9,11H,1-3H3/b8-6+. The lowest BCUT2D eigenvalue weighted by atomic mass is 10.1. The molecule has 1 atom stereocenters. The highest BCUT2D eigenvalue weighted by molar-refractivity contribution is 7.08. The molecule has 1 N–H and O–H groups in total. The van der Waals surface area contributed by atoms with Crippen LogP contribution < -0.4 is 5.32 Å². The van der Waals surface area contributed by atoms with Gasteiger partial charge >= 0.3 is 0 Å². The molecule has 0 radical (unpaired) electrons. The largest absolute Gasteiger partial charge is 0.314 e. The molecular weight excluding hydrogens is 166 g/mol. The van der Waals surface area contributed by atoms with E-state index in [1.54, 1.807) is 11.3 Å². The zero-order valence-corrected chi connectivity index (χ0v) is 8.61. The molecule has 0 aliphatic heterocycles. The van der Waals surface area contributed by atoms with Crippen molar-refractivity contribution in [3.05, 3.63) is 28.0 Å². The van der Waals surface area contributed by atoms with Crippen molar-refractivity contribution < 1.29 is 0 Å². The molecule has 0 aromatic carbocycles. The van der Waals surface area contributed by atoms with E-state index >= 15 is 0 Å². The summed E-state index contributed by atoms with van der Waals surface area (Å²) in [5, 5.41) is 7.47. The molecule has 0 saturated carbocycles. The smallest absolute Gasteiger partial charge is 0.0248 e. The van der Waals surface area contributed by atoms with E-state index < -0.39 is 0 Å². The first-order chi connectivity index (χ1) is 5.74. The summed E-state index contributed by atoms with van der Waals surface area (Å²) in [6.07, 6.45) is 2.22. The molecule has 0 fully saturated rings. The molecule has 0 spiro atoms. The Bertz CT molecular complexity index is 249. The first-order valence-corrected chi connectivity index (χ1v) is 5.06. The summed E-state index contributed by atoms with van der Waals surface area (Å²) in [6.45, 7) is 4.32. The molecule has 1 rings (SSSR count). The molecular formula is C10H15NS. The van der Waals surface area contributed by atoms with Gasteiger partial charge in [-0.3, -0.25) is 0 Å². The average molecular weight is 181 g/mol. The van der Waals surface area contributed by atoms with Crippen molar-refractivity contribution >= 4 is 17.4 Å². The number of hydrogen-bond acceptors (Lipinski definition) is 2. The van der Waals surface area contributed by atoms with Crippen LogP contribution in [-0.4, -0.2) is 13.1 Å². The monoisotopic (exact) mass is 181 g/mol. The molecule has 0 aliphatic rings. The van der Waals surface area contributed by atoms with E-state index in [1.807, 2.05) is 7.05 Å². The Hall–Kier alpha value is -0.600. The van der Waals surface area contributed by atoms with Gasteiger partial charge in [0.2, 0.25) is 0 Å². The molecule has 0 saturated heterocycles. The Labute approximate surface area is 78.1 Å². The van der Waals surface area contributed by atoms with Gasteiger partial charge in [-0.15, -0.1) is 0 Å². The summed E-state index contributed by atoms with van der Waals surface area (Å²) in [4.78, 5) is 0. The first-order valence-electron chi connectivity index (χ1n) is 4.11. The number of likely N-dealkylation sites (N-methyl/N-ethyl adjacent to an activating group) is 1. The quantitative estimate of drug-likeness (QED) is 0.756. The number of thiophene rings is 1. The zero-order valence-electron chi connectivity index (χ0n) is 7.79. The lowest BCUT2D eigenvalue weighted by Gasteiger charge is -2.09. The van der Waals surface area contributed by atoms with E-state index in [2.05, 4.69) is 42.1 Å². The van der Waals surface area contributed by atoms with Crippen molar-refractivity contribution in [3.63, 3.8) is 0 Å². The molecule has 0 aliphatic carbocycles. The van der Waals surface area contributed by atoms with Gasteiger partial charge in [0, 0.05) is 6.04 Å². The Morgan fingerprint density at radius 3 is 2.92 bits per heavy atom. The summed E-state index contributed by atoms with van der Waals surface area (Å²) in [5.41, 5.74) is 2.68. The van der Waals surface area contributed by atoms with Crippen LogP contribution in [0.25, 0.3) is 6.08 Å². The molecule has 0 bridgehead atoms. The van der Waals surface area contributed by atoms with Gasteiger partial charge in [-0.2, -0.15) is 11.3 Å². The van der Waals surface area contributed by atoms with Gasteiger partial charge < -0.3 is 5.32 Å². The van der Waals surface area contributed by atoms with Crippen molar-refractivity contribution in [2.24, 2.45) is 0 Å². The molecule has 66 valence electrons. The highest BCUT2D eigenvalue weighted by Gasteiger charge is 1.99. The highest BCUT2D eigenvalue weighted by Crippen LogP contribution is 2.12. The van der Waals surface area contributed by atoms with Crippen LogP contribution in [0.4, 0.5) is 0 Å². The Balaban J connectivity index is 2.69. The number of nitrogens with one attached hydrogen (secondary N) is 1. The Morgan fingerprint density at radius 2 is 2.42 bits per heavy atom. The van der Waals surface area contributed by atoms with E-state index in [-0.39, 0.29) is 0 Å². The molecule has 0 amide bonds. The fraction of sp³-hybridized carbons (Fsp3) is 0.400. The molecule has 2 heteroatoms. The summed E-state index contributed by atoms with van der Waals surface area (Å²) in [5.74, 6) is 0. The maximum atomic E-state index is 3.21. The van der Waals surface area contributed by atoms with Crippen LogP contribution >= 0.6 is 11.3 Å². The van der Waals surface area contributed by atoms with Crippen molar-refractivity contribution in [1.82, 2.24) is 5.32 Å². The van der Waals surface area contributed by atoms with Crippen LogP contribution in [0.3, 0.4) is 0 Å². The minimum absolute atomic E-state index is 0.463. The van der Waals surface area contributed by atoms with Gasteiger partial charge in [-0.25, -0.2) is 0 Å². The van der Waals surface area contributed by atoms with Crippen molar-refractivity contribution in [2.45, 2.75) is 19.9 Å². The lowest BCUT2D eigenvalue weighted by Crippen LogP contribution is -2.21. The van der Waals surface area contributed by atoms with E-state index in [4.69, 9.17) is 0 Å².